The molecule has 2 nitrogen and oxygen atoms in total. The van der Waals surface area contributed by atoms with Gasteiger partial charge in [-0.15, -0.1) is 0 Å². The molecule has 0 aliphatic heterocycles. The van der Waals surface area contributed by atoms with Crippen LogP contribution in [0.15, 0.2) is 0 Å². The van der Waals surface area contributed by atoms with Gasteiger partial charge >= 0.3 is 0 Å². The largest absolute Gasteiger partial charge is 0.378 e. The maximum absolute atomic E-state index is 6.21. The average molecular weight is 269 g/mol. The Bertz CT molecular complexity index is 254. The molecule has 1 N–H and O–H groups in total. The van der Waals surface area contributed by atoms with Crippen LogP contribution in [0.4, 0.5) is 0 Å². The summed E-state index contributed by atoms with van der Waals surface area (Å²) in [5.74, 6) is 0.898. The molecule has 1 aliphatic carbocycles. The van der Waals surface area contributed by atoms with Crippen molar-refractivity contribution in [1.29, 1.82) is 0 Å². The number of ether oxygens (including phenoxy) is 1. The number of hydrogen-bond donors (Lipinski definition) is 1. The summed E-state index contributed by atoms with van der Waals surface area (Å²) in [7, 11) is 0. The first-order chi connectivity index (χ1) is 8.72. The van der Waals surface area contributed by atoms with E-state index in [0.29, 0.717) is 6.10 Å². The van der Waals surface area contributed by atoms with Gasteiger partial charge in [-0.25, -0.2) is 0 Å². The summed E-state index contributed by atoms with van der Waals surface area (Å²) < 4.78 is 6.21. The third-order valence-corrected chi connectivity index (χ3v) is 4.12. The molecule has 0 bridgehead atoms. The normalized spacial score (nSPS) is 25.6. The van der Waals surface area contributed by atoms with E-state index in [-0.39, 0.29) is 11.0 Å². The Morgan fingerprint density at radius 3 is 2.37 bits per heavy atom. The second-order valence-corrected chi connectivity index (χ2v) is 8.14. The highest BCUT2D eigenvalue weighted by atomic mass is 16.5. The summed E-state index contributed by atoms with van der Waals surface area (Å²) in [6, 6.07) is 0. The monoisotopic (exact) mass is 269 g/mol. The van der Waals surface area contributed by atoms with Crippen molar-refractivity contribution >= 4 is 0 Å². The Balaban J connectivity index is 2.29. The van der Waals surface area contributed by atoms with E-state index in [1.807, 2.05) is 0 Å². The van der Waals surface area contributed by atoms with Gasteiger partial charge in [0.15, 0.2) is 0 Å². The second-order valence-electron chi connectivity index (χ2n) is 8.14. The Morgan fingerprint density at radius 2 is 1.79 bits per heavy atom. The predicted molar refractivity (Wildman–Crippen MR) is 83.5 cm³/mol. The van der Waals surface area contributed by atoms with Gasteiger partial charge in [0.05, 0.1) is 12.7 Å². The van der Waals surface area contributed by atoms with Crippen LogP contribution in [0.3, 0.4) is 0 Å². The molecule has 0 aromatic rings. The van der Waals surface area contributed by atoms with Crippen molar-refractivity contribution in [2.45, 2.75) is 85.3 Å². The van der Waals surface area contributed by atoms with Gasteiger partial charge < -0.3 is 10.1 Å². The first-order valence-corrected chi connectivity index (χ1v) is 8.08. The minimum absolute atomic E-state index is 0.190. The van der Waals surface area contributed by atoms with Crippen LogP contribution < -0.4 is 5.32 Å². The van der Waals surface area contributed by atoms with Crippen LogP contribution in [0.1, 0.15) is 73.6 Å². The van der Waals surface area contributed by atoms with E-state index in [1.54, 1.807) is 0 Å². The molecule has 0 amide bonds. The van der Waals surface area contributed by atoms with E-state index in [0.717, 1.165) is 19.1 Å². The van der Waals surface area contributed by atoms with Gasteiger partial charge in [-0.1, -0.05) is 40.0 Å². The quantitative estimate of drug-likeness (QED) is 0.772. The lowest BCUT2D eigenvalue weighted by Gasteiger charge is -2.34. The van der Waals surface area contributed by atoms with Crippen molar-refractivity contribution in [3.05, 3.63) is 0 Å². The molecule has 1 saturated carbocycles. The van der Waals surface area contributed by atoms with Crippen molar-refractivity contribution in [1.82, 2.24) is 5.32 Å². The maximum Gasteiger partial charge on any atom is 0.0578 e. The molecule has 1 aliphatic rings. The molecule has 0 aromatic carbocycles. The van der Waals surface area contributed by atoms with E-state index in [1.165, 1.54) is 32.1 Å². The molecule has 0 aromatic heterocycles. The maximum atomic E-state index is 6.21. The molecule has 0 radical (unpaired) electrons. The van der Waals surface area contributed by atoms with Gasteiger partial charge in [-0.3, -0.25) is 0 Å². The standard InChI is InChI=1S/C17H35NO/c1-7-14-9-8-10-15(11-14)19-13-17(5,6)12-18-16(2,3)4/h14-15,18H,7-13H2,1-6H3. The first-order valence-electron chi connectivity index (χ1n) is 8.08. The van der Waals surface area contributed by atoms with Gasteiger partial charge in [-0.05, 0) is 39.5 Å². The Labute approximate surface area is 120 Å². The van der Waals surface area contributed by atoms with Crippen LogP contribution in [-0.4, -0.2) is 24.8 Å². The van der Waals surface area contributed by atoms with E-state index in [2.05, 4.69) is 46.9 Å². The predicted octanol–water partition coefficient (Wildman–Crippen LogP) is 4.39. The van der Waals surface area contributed by atoms with Gasteiger partial charge in [0.1, 0.15) is 0 Å². The summed E-state index contributed by atoms with van der Waals surface area (Å²) in [6.45, 7) is 15.4. The number of hydrogen-bond acceptors (Lipinski definition) is 2. The zero-order chi connectivity index (χ0) is 14.5. The van der Waals surface area contributed by atoms with E-state index < -0.39 is 0 Å². The zero-order valence-electron chi connectivity index (χ0n) is 14.0. The Kier molecular flexibility index (Phi) is 6.32. The van der Waals surface area contributed by atoms with Gasteiger partial charge in [0, 0.05) is 17.5 Å². The summed E-state index contributed by atoms with van der Waals surface area (Å²) in [4.78, 5) is 0. The fourth-order valence-electron chi connectivity index (χ4n) is 2.66. The minimum atomic E-state index is 0.190. The fraction of sp³-hybridized carbons (Fsp3) is 1.00. The molecule has 2 unspecified atom stereocenters. The van der Waals surface area contributed by atoms with Crippen molar-refractivity contribution in [2.75, 3.05) is 13.2 Å². The van der Waals surface area contributed by atoms with E-state index in [4.69, 9.17) is 4.74 Å². The fourth-order valence-corrected chi connectivity index (χ4v) is 2.66. The molecule has 1 fully saturated rings. The topological polar surface area (TPSA) is 21.3 Å². The summed E-state index contributed by atoms with van der Waals surface area (Å²) in [5.41, 5.74) is 0.405. The number of rotatable bonds is 6. The second kappa shape index (κ2) is 7.08. The van der Waals surface area contributed by atoms with Crippen LogP contribution in [0.2, 0.25) is 0 Å². The molecule has 1 rings (SSSR count). The van der Waals surface area contributed by atoms with Gasteiger partial charge in [0.25, 0.3) is 0 Å². The van der Waals surface area contributed by atoms with Crippen LogP contribution >= 0.6 is 0 Å². The first kappa shape index (κ1) is 17.0. The van der Waals surface area contributed by atoms with Crippen LogP contribution in [0, 0.1) is 11.3 Å². The van der Waals surface area contributed by atoms with Crippen molar-refractivity contribution in [2.24, 2.45) is 11.3 Å². The molecule has 2 atom stereocenters. The lowest BCUT2D eigenvalue weighted by atomic mass is 9.85. The van der Waals surface area contributed by atoms with Crippen molar-refractivity contribution in [3.8, 4) is 0 Å². The molecule has 0 spiro atoms. The highest BCUT2D eigenvalue weighted by Gasteiger charge is 2.26. The van der Waals surface area contributed by atoms with E-state index >= 15 is 0 Å². The third kappa shape index (κ3) is 7.31. The van der Waals surface area contributed by atoms with Crippen LogP contribution in [0.25, 0.3) is 0 Å². The molecule has 2 heteroatoms. The minimum Gasteiger partial charge on any atom is -0.378 e. The van der Waals surface area contributed by atoms with Crippen LogP contribution in [-0.2, 0) is 4.74 Å². The zero-order valence-corrected chi connectivity index (χ0v) is 14.0. The highest BCUT2D eigenvalue weighted by molar-refractivity contribution is 4.79. The van der Waals surface area contributed by atoms with Crippen molar-refractivity contribution in [3.63, 3.8) is 0 Å². The van der Waals surface area contributed by atoms with Gasteiger partial charge in [-0.2, -0.15) is 0 Å². The highest BCUT2D eigenvalue weighted by Crippen LogP contribution is 2.29. The summed E-state index contributed by atoms with van der Waals surface area (Å²) in [6.07, 6.45) is 7.12. The molecular formula is C17H35NO. The van der Waals surface area contributed by atoms with Crippen molar-refractivity contribution < 1.29 is 4.74 Å². The van der Waals surface area contributed by atoms with Crippen LogP contribution in [0.5, 0.6) is 0 Å². The third-order valence-electron chi connectivity index (χ3n) is 4.12. The molecule has 19 heavy (non-hydrogen) atoms. The smallest absolute Gasteiger partial charge is 0.0578 e. The lowest BCUT2D eigenvalue weighted by Crippen LogP contribution is -2.44. The lowest BCUT2D eigenvalue weighted by molar-refractivity contribution is -0.0266. The molecule has 0 heterocycles. The molecular weight excluding hydrogens is 234 g/mol. The summed E-state index contributed by atoms with van der Waals surface area (Å²) >= 11 is 0. The average Bonchev–Trinajstić information content (AvgIpc) is 2.34. The van der Waals surface area contributed by atoms with Gasteiger partial charge in [0.2, 0.25) is 0 Å². The van der Waals surface area contributed by atoms with E-state index in [9.17, 15) is 0 Å². The summed E-state index contributed by atoms with van der Waals surface area (Å²) in [5, 5.41) is 3.59. The Morgan fingerprint density at radius 1 is 1.11 bits per heavy atom. The SMILES string of the molecule is CCC1CCCC(OCC(C)(C)CNC(C)(C)C)C1. The molecule has 0 saturated heterocycles. The Hall–Kier alpha value is -0.0800. The number of nitrogens with one attached hydrogen (secondary N) is 1. The molecule has 114 valence electrons.